The number of hydrogen-bond acceptors (Lipinski definition) is 5. The maximum Gasteiger partial charge on any atom is 0.344 e. The summed E-state index contributed by atoms with van der Waals surface area (Å²) in [7, 11) is 0. The minimum Gasteiger partial charge on any atom is -0.479 e. The molecule has 2 heterocycles. The Labute approximate surface area is 199 Å². The standard InChI is InChI=1S/C24H19Cl2N3O4/c1-13-20(22(30)16-4-6-17(25)7-5-16)21-23(28-10-9-27-21)29(13)12-15-3-8-18(26)19(11-15)33-14(2)24(31)32/h3-11,14H,12H2,1-2H3,(H,31,32)/t14-/m0/s1. The first-order chi connectivity index (χ1) is 15.8. The number of carbonyl (C=O) groups is 2. The predicted octanol–water partition coefficient (Wildman–Crippen LogP) is 5.18. The number of carboxylic acids is 1. The van der Waals surface area contributed by atoms with Crippen molar-refractivity contribution in [3.05, 3.63) is 87.3 Å². The van der Waals surface area contributed by atoms with Crippen LogP contribution in [0.25, 0.3) is 11.2 Å². The van der Waals surface area contributed by atoms with E-state index in [0.29, 0.717) is 44.6 Å². The van der Waals surface area contributed by atoms with Crippen LogP contribution in [0.15, 0.2) is 54.9 Å². The van der Waals surface area contributed by atoms with Crippen molar-refractivity contribution in [1.82, 2.24) is 14.5 Å². The van der Waals surface area contributed by atoms with E-state index in [0.717, 1.165) is 5.56 Å². The molecule has 168 valence electrons. The first-order valence-corrected chi connectivity index (χ1v) is 10.8. The molecule has 2 aromatic heterocycles. The second kappa shape index (κ2) is 9.21. The lowest BCUT2D eigenvalue weighted by molar-refractivity contribution is -0.144. The SMILES string of the molecule is Cc1c(C(=O)c2ccc(Cl)cc2)c2nccnc2n1Cc1ccc(Cl)c(O[C@@H](C)C(=O)O)c1. The van der Waals surface area contributed by atoms with Crippen LogP contribution in [0.3, 0.4) is 0 Å². The Balaban J connectivity index is 1.75. The molecular formula is C24H19Cl2N3O4. The fourth-order valence-electron chi connectivity index (χ4n) is 3.54. The molecule has 0 unspecified atom stereocenters. The maximum atomic E-state index is 13.3. The van der Waals surface area contributed by atoms with E-state index in [1.54, 1.807) is 48.8 Å². The van der Waals surface area contributed by atoms with Crippen molar-refractivity contribution >= 4 is 46.1 Å². The fourth-order valence-corrected chi connectivity index (χ4v) is 3.83. The van der Waals surface area contributed by atoms with Crippen molar-refractivity contribution in [2.45, 2.75) is 26.5 Å². The lowest BCUT2D eigenvalue weighted by Crippen LogP contribution is -2.23. The van der Waals surface area contributed by atoms with Crippen molar-refractivity contribution in [2.75, 3.05) is 0 Å². The van der Waals surface area contributed by atoms with Gasteiger partial charge in [0.15, 0.2) is 17.5 Å². The number of rotatable bonds is 7. The molecule has 4 aromatic rings. The summed E-state index contributed by atoms with van der Waals surface area (Å²) in [5.41, 5.74) is 3.52. The van der Waals surface area contributed by atoms with E-state index in [2.05, 4.69) is 9.97 Å². The summed E-state index contributed by atoms with van der Waals surface area (Å²) >= 11 is 12.2. The monoisotopic (exact) mass is 483 g/mol. The van der Waals surface area contributed by atoms with Gasteiger partial charge >= 0.3 is 5.97 Å². The summed E-state index contributed by atoms with van der Waals surface area (Å²) in [6, 6.07) is 11.8. The first kappa shape index (κ1) is 22.8. The quantitative estimate of drug-likeness (QED) is 0.364. The van der Waals surface area contributed by atoms with Crippen LogP contribution in [0.2, 0.25) is 10.0 Å². The Morgan fingerprint density at radius 2 is 1.79 bits per heavy atom. The summed E-state index contributed by atoms with van der Waals surface area (Å²) in [6.45, 7) is 3.62. The summed E-state index contributed by atoms with van der Waals surface area (Å²) in [6.07, 6.45) is 2.06. The Hall–Kier alpha value is -3.42. The van der Waals surface area contributed by atoms with Crippen molar-refractivity contribution in [3.8, 4) is 5.75 Å². The molecule has 0 aliphatic rings. The van der Waals surface area contributed by atoms with Gasteiger partial charge in [-0.2, -0.15) is 0 Å². The average molecular weight is 484 g/mol. The molecule has 1 N–H and O–H groups in total. The second-order valence-electron chi connectivity index (χ2n) is 7.47. The number of halogens is 2. The number of carbonyl (C=O) groups excluding carboxylic acids is 1. The van der Waals surface area contributed by atoms with Crippen molar-refractivity contribution < 1.29 is 19.4 Å². The number of carboxylic acid groups (broad SMARTS) is 1. The van der Waals surface area contributed by atoms with E-state index in [1.165, 1.54) is 6.92 Å². The number of ketones is 1. The van der Waals surface area contributed by atoms with Gasteiger partial charge < -0.3 is 14.4 Å². The molecule has 0 bridgehead atoms. The molecule has 0 fully saturated rings. The third kappa shape index (κ3) is 4.55. The van der Waals surface area contributed by atoms with E-state index in [9.17, 15) is 9.59 Å². The summed E-state index contributed by atoms with van der Waals surface area (Å²) in [5, 5.41) is 9.98. The van der Waals surface area contributed by atoms with Gasteiger partial charge in [0.05, 0.1) is 10.6 Å². The van der Waals surface area contributed by atoms with Crippen molar-refractivity contribution in [3.63, 3.8) is 0 Å². The lowest BCUT2D eigenvalue weighted by Gasteiger charge is -2.14. The van der Waals surface area contributed by atoms with Gasteiger partial charge in [-0.1, -0.05) is 29.3 Å². The second-order valence-corrected chi connectivity index (χ2v) is 8.32. The third-order valence-electron chi connectivity index (χ3n) is 5.26. The van der Waals surface area contributed by atoms with Crippen LogP contribution in [-0.4, -0.2) is 37.5 Å². The number of fused-ring (bicyclic) bond motifs is 1. The molecule has 0 amide bonds. The molecule has 7 nitrogen and oxygen atoms in total. The zero-order chi connectivity index (χ0) is 23.7. The predicted molar refractivity (Wildman–Crippen MR) is 125 cm³/mol. The van der Waals surface area contributed by atoms with Gasteiger partial charge in [-0.3, -0.25) is 9.78 Å². The normalized spacial score (nSPS) is 12.0. The minimum absolute atomic E-state index is 0.177. The van der Waals surface area contributed by atoms with Gasteiger partial charge in [-0.15, -0.1) is 0 Å². The number of aromatic nitrogens is 3. The molecule has 4 rings (SSSR count). The van der Waals surface area contributed by atoms with Gasteiger partial charge in [0, 0.05) is 35.2 Å². The molecule has 0 radical (unpaired) electrons. The molecule has 0 spiro atoms. The van der Waals surface area contributed by atoms with E-state index in [4.69, 9.17) is 33.0 Å². The largest absolute Gasteiger partial charge is 0.479 e. The number of aliphatic carboxylic acids is 1. The molecule has 9 heteroatoms. The zero-order valence-corrected chi connectivity index (χ0v) is 19.3. The highest BCUT2D eigenvalue weighted by molar-refractivity contribution is 6.32. The third-order valence-corrected chi connectivity index (χ3v) is 5.82. The van der Waals surface area contributed by atoms with E-state index in [-0.39, 0.29) is 11.5 Å². The molecule has 0 aliphatic heterocycles. The molecular weight excluding hydrogens is 465 g/mol. The minimum atomic E-state index is -1.09. The number of nitrogens with zero attached hydrogens (tertiary/aromatic N) is 3. The number of ether oxygens (including phenoxy) is 1. The summed E-state index contributed by atoms with van der Waals surface area (Å²) < 4.78 is 7.37. The Bertz CT molecular complexity index is 1370. The van der Waals surface area contributed by atoms with Crippen LogP contribution < -0.4 is 4.74 Å². The van der Waals surface area contributed by atoms with E-state index in [1.807, 2.05) is 17.6 Å². The van der Waals surface area contributed by atoms with E-state index >= 15 is 0 Å². The smallest absolute Gasteiger partial charge is 0.344 e. The van der Waals surface area contributed by atoms with Crippen LogP contribution in [0.1, 0.15) is 34.1 Å². The Morgan fingerprint density at radius 1 is 1.09 bits per heavy atom. The highest BCUT2D eigenvalue weighted by atomic mass is 35.5. The molecule has 1 atom stereocenters. The van der Waals surface area contributed by atoms with Crippen LogP contribution in [-0.2, 0) is 11.3 Å². The van der Waals surface area contributed by atoms with Crippen LogP contribution in [0.4, 0.5) is 0 Å². The first-order valence-electron chi connectivity index (χ1n) is 10.0. The molecule has 33 heavy (non-hydrogen) atoms. The number of benzene rings is 2. The molecule has 2 aromatic carbocycles. The zero-order valence-electron chi connectivity index (χ0n) is 17.8. The molecule has 0 saturated heterocycles. The van der Waals surface area contributed by atoms with Gasteiger partial charge in [0.1, 0.15) is 11.3 Å². The fraction of sp³-hybridized carbons (Fsp3) is 0.167. The van der Waals surface area contributed by atoms with Gasteiger partial charge in [-0.25, -0.2) is 9.78 Å². The van der Waals surface area contributed by atoms with Crippen LogP contribution >= 0.6 is 23.2 Å². The topological polar surface area (TPSA) is 94.3 Å². The van der Waals surface area contributed by atoms with Gasteiger partial charge in [-0.05, 0) is 55.8 Å². The molecule has 0 saturated carbocycles. The van der Waals surface area contributed by atoms with Gasteiger partial charge in [0.2, 0.25) is 0 Å². The Kier molecular flexibility index (Phi) is 6.35. The highest BCUT2D eigenvalue weighted by Crippen LogP contribution is 2.30. The van der Waals surface area contributed by atoms with Crippen molar-refractivity contribution in [2.24, 2.45) is 0 Å². The maximum absolute atomic E-state index is 13.3. The lowest BCUT2D eigenvalue weighted by atomic mass is 10.0. The van der Waals surface area contributed by atoms with Crippen molar-refractivity contribution in [1.29, 1.82) is 0 Å². The average Bonchev–Trinajstić information content (AvgIpc) is 3.07. The summed E-state index contributed by atoms with van der Waals surface area (Å²) in [4.78, 5) is 33.4. The highest BCUT2D eigenvalue weighted by Gasteiger charge is 2.23. The van der Waals surface area contributed by atoms with Crippen LogP contribution in [0.5, 0.6) is 5.75 Å². The summed E-state index contributed by atoms with van der Waals surface area (Å²) in [5.74, 6) is -1.00. The van der Waals surface area contributed by atoms with E-state index < -0.39 is 12.1 Å². The Morgan fingerprint density at radius 3 is 2.48 bits per heavy atom. The van der Waals surface area contributed by atoms with Gasteiger partial charge in [0.25, 0.3) is 0 Å². The van der Waals surface area contributed by atoms with Crippen LogP contribution in [0, 0.1) is 6.92 Å². The number of hydrogen-bond donors (Lipinski definition) is 1. The molecule has 0 aliphatic carbocycles.